The third-order valence-electron chi connectivity index (χ3n) is 4.09. The van der Waals surface area contributed by atoms with Gasteiger partial charge in [0.05, 0.1) is 15.5 Å². The molecule has 0 saturated heterocycles. The molecule has 3 aromatic carbocycles. The zero-order chi connectivity index (χ0) is 23.4. The SMILES string of the molecule is O=C(COc1ccc(S(=O)(=O)Nc2ccccc2)cc1)Nc1ccc(Cl)c(C(F)(F)F)c1. The summed E-state index contributed by atoms with van der Waals surface area (Å²) in [6.45, 7) is -0.502. The number of anilines is 2. The second-order valence-corrected chi connectivity index (χ2v) is 8.56. The molecular weight excluding hydrogens is 469 g/mol. The molecule has 0 aliphatic heterocycles. The van der Waals surface area contributed by atoms with Crippen LogP contribution in [0.1, 0.15) is 5.56 Å². The Bertz CT molecular complexity index is 1200. The summed E-state index contributed by atoms with van der Waals surface area (Å²) in [5.41, 5.74) is -0.761. The third kappa shape index (κ3) is 6.14. The first kappa shape index (κ1) is 23.4. The highest BCUT2D eigenvalue weighted by atomic mass is 35.5. The molecule has 6 nitrogen and oxygen atoms in total. The van der Waals surface area contributed by atoms with Crippen LogP contribution in [0.2, 0.25) is 5.02 Å². The Morgan fingerprint density at radius 2 is 1.59 bits per heavy atom. The van der Waals surface area contributed by atoms with Gasteiger partial charge in [0.1, 0.15) is 5.75 Å². The first-order valence-electron chi connectivity index (χ1n) is 9.02. The number of sulfonamides is 1. The number of para-hydroxylation sites is 1. The van der Waals surface area contributed by atoms with Crippen molar-refractivity contribution in [3.05, 3.63) is 83.4 Å². The van der Waals surface area contributed by atoms with E-state index in [4.69, 9.17) is 16.3 Å². The molecule has 2 N–H and O–H groups in total. The zero-order valence-corrected chi connectivity index (χ0v) is 17.8. The highest BCUT2D eigenvalue weighted by Crippen LogP contribution is 2.36. The van der Waals surface area contributed by atoms with Crippen LogP contribution in [0.15, 0.2) is 77.7 Å². The molecule has 0 fully saturated rings. The van der Waals surface area contributed by atoms with E-state index in [1.165, 1.54) is 30.3 Å². The van der Waals surface area contributed by atoms with Gasteiger partial charge in [0, 0.05) is 11.4 Å². The molecule has 0 heterocycles. The van der Waals surface area contributed by atoms with Crippen LogP contribution in [0.5, 0.6) is 5.75 Å². The highest BCUT2D eigenvalue weighted by Gasteiger charge is 2.33. The van der Waals surface area contributed by atoms with Gasteiger partial charge in [-0.15, -0.1) is 0 Å². The Morgan fingerprint density at radius 1 is 0.938 bits per heavy atom. The second-order valence-electron chi connectivity index (χ2n) is 6.47. The van der Waals surface area contributed by atoms with Crippen molar-refractivity contribution < 1.29 is 31.1 Å². The van der Waals surface area contributed by atoms with Crippen molar-refractivity contribution in [3.63, 3.8) is 0 Å². The molecule has 0 aliphatic carbocycles. The van der Waals surface area contributed by atoms with E-state index in [2.05, 4.69) is 10.0 Å². The average Bonchev–Trinajstić information content (AvgIpc) is 2.73. The minimum absolute atomic E-state index is 0.0148. The predicted octanol–water partition coefficient (Wildman–Crippen LogP) is 5.18. The van der Waals surface area contributed by atoms with E-state index in [-0.39, 0.29) is 16.3 Å². The molecular formula is C21H16ClF3N2O4S. The van der Waals surface area contributed by atoms with Gasteiger partial charge < -0.3 is 10.1 Å². The summed E-state index contributed by atoms with van der Waals surface area (Å²) in [5.74, 6) is -0.506. The molecule has 168 valence electrons. The monoisotopic (exact) mass is 484 g/mol. The van der Waals surface area contributed by atoms with Gasteiger partial charge in [-0.05, 0) is 54.6 Å². The number of carbonyl (C=O) groups is 1. The van der Waals surface area contributed by atoms with Gasteiger partial charge in [0.15, 0.2) is 6.61 Å². The molecule has 1 amide bonds. The molecule has 0 radical (unpaired) electrons. The lowest BCUT2D eigenvalue weighted by molar-refractivity contribution is -0.137. The Morgan fingerprint density at radius 3 is 2.22 bits per heavy atom. The van der Waals surface area contributed by atoms with Crippen molar-refractivity contribution in [2.45, 2.75) is 11.1 Å². The molecule has 32 heavy (non-hydrogen) atoms. The first-order valence-corrected chi connectivity index (χ1v) is 10.9. The molecule has 11 heteroatoms. The maximum Gasteiger partial charge on any atom is 0.417 e. The molecule has 0 bridgehead atoms. The largest absolute Gasteiger partial charge is 0.484 e. The predicted molar refractivity (Wildman–Crippen MR) is 114 cm³/mol. The number of halogens is 4. The highest BCUT2D eigenvalue weighted by molar-refractivity contribution is 7.92. The van der Waals surface area contributed by atoms with Crippen LogP contribution in [0, 0.1) is 0 Å². The minimum Gasteiger partial charge on any atom is -0.484 e. The lowest BCUT2D eigenvalue weighted by Crippen LogP contribution is -2.20. The van der Waals surface area contributed by atoms with Crippen molar-refractivity contribution in [2.75, 3.05) is 16.6 Å². The van der Waals surface area contributed by atoms with Crippen molar-refractivity contribution in [1.82, 2.24) is 0 Å². The van der Waals surface area contributed by atoms with Gasteiger partial charge in [-0.25, -0.2) is 8.42 Å². The van der Waals surface area contributed by atoms with Crippen LogP contribution < -0.4 is 14.8 Å². The number of benzene rings is 3. The quantitative estimate of drug-likeness (QED) is 0.484. The van der Waals surface area contributed by atoms with Crippen molar-refractivity contribution >= 4 is 38.9 Å². The molecule has 3 rings (SSSR count). The Labute approximate surface area is 187 Å². The summed E-state index contributed by atoms with van der Waals surface area (Å²) in [4.78, 5) is 12.0. The second kappa shape index (κ2) is 9.49. The van der Waals surface area contributed by atoms with Crippen LogP contribution in [-0.4, -0.2) is 20.9 Å². The van der Waals surface area contributed by atoms with Crippen LogP contribution >= 0.6 is 11.6 Å². The third-order valence-corrected chi connectivity index (χ3v) is 5.81. The Balaban J connectivity index is 1.59. The molecule has 0 aromatic heterocycles. The van der Waals surface area contributed by atoms with Crippen molar-refractivity contribution in [2.24, 2.45) is 0 Å². The van der Waals surface area contributed by atoms with E-state index in [0.29, 0.717) is 5.69 Å². The van der Waals surface area contributed by atoms with Gasteiger partial charge >= 0.3 is 6.18 Å². The summed E-state index contributed by atoms with van der Waals surface area (Å²) in [7, 11) is -3.81. The lowest BCUT2D eigenvalue weighted by Gasteiger charge is -2.12. The van der Waals surface area contributed by atoms with Gasteiger partial charge in [0.25, 0.3) is 15.9 Å². The minimum atomic E-state index is -4.66. The summed E-state index contributed by atoms with van der Waals surface area (Å²) < 4.78 is 71.2. The molecule has 0 saturated carbocycles. The average molecular weight is 485 g/mol. The van der Waals surface area contributed by atoms with Gasteiger partial charge in [0.2, 0.25) is 0 Å². The molecule has 0 aliphatic rings. The standard InChI is InChI=1S/C21H16ClF3N2O4S/c22-19-11-6-15(12-18(19)21(23,24)25)26-20(28)13-31-16-7-9-17(10-8-16)32(29,30)27-14-4-2-1-3-5-14/h1-12,27H,13H2,(H,26,28). The van der Waals surface area contributed by atoms with E-state index in [0.717, 1.165) is 12.1 Å². The maximum atomic E-state index is 12.9. The first-order chi connectivity index (χ1) is 15.0. The number of amides is 1. The summed E-state index contributed by atoms with van der Waals surface area (Å²) >= 11 is 5.54. The van der Waals surface area contributed by atoms with Crippen molar-refractivity contribution in [1.29, 1.82) is 0 Å². The molecule has 3 aromatic rings. The van der Waals surface area contributed by atoms with E-state index >= 15 is 0 Å². The van der Waals surface area contributed by atoms with E-state index in [1.807, 2.05) is 0 Å². The van der Waals surface area contributed by atoms with E-state index < -0.39 is 39.3 Å². The number of hydrogen-bond donors (Lipinski definition) is 2. The fraction of sp³-hybridized carbons (Fsp3) is 0.0952. The number of rotatable bonds is 7. The summed E-state index contributed by atoms with van der Waals surface area (Å²) in [6.07, 6.45) is -4.66. The van der Waals surface area contributed by atoms with Gasteiger partial charge in [-0.3, -0.25) is 9.52 Å². The lowest BCUT2D eigenvalue weighted by atomic mass is 10.2. The fourth-order valence-corrected chi connectivity index (χ4v) is 3.88. The number of nitrogens with one attached hydrogen (secondary N) is 2. The molecule has 0 spiro atoms. The van der Waals surface area contributed by atoms with Crippen LogP contribution in [-0.2, 0) is 21.0 Å². The van der Waals surface area contributed by atoms with E-state index in [1.54, 1.807) is 30.3 Å². The summed E-state index contributed by atoms with van der Waals surface area (Å²) in [6, 6.07) is 16.6. The number of ether oxygens (including phenoxy) is 1. The smallest absolute Gasteiger partial charge is 0.417 e. The maximum absolute atomic E-state index is 12.9. The van der Waals surface area contributed by atoms with Crippen LogP contribution in [0.4, 0.5) is 24.5 Å². The Hall–Kier alpha value is -3.24. The van der Waals surface area contributed by atoms with Crippen molar-refractivity contribution in [3.8, 4) is 5.75 Å². The topological polar surface area (TPSA) is 84.5 Å². The van der Waals surface area contributed by atoms with Crippen LogP contribution in [0.3, 0.4) is 0 Å². The van der Waals surface area contributed by atoms with Crippen LogP contribution in [0.25, 0.3) is 0 Å². The van der Waals surface area contributed by atoms with Gasteiger partial charge in [-0.2, -0.15) is 13.2 Å². The number of alkyl halides is 3. The van der Waals surface area contributed by atoms with E-state index in [9.17, 15) is 26.4 Å². The molecule has 0 unspecified atom stereocenters. The zero-order valence-electron chi connectivity index (χ0n) is 16.2. The number of carbonyl (C=O) groups excluding carboxylic acids is 1. The molecule has 0 atom stereocenters. The van der Waals surface area contributed by atoms with Gasteiger partial charge in [-0.1, -0.05) is 29.8 Å². The summed E-state index contributed by atoms with van der Waals surface area (Å²) in [5, 5.41) is 1.80. The number of hydrogen-bond acceptors (Lipinski definition) is 4. The Kier molecular flexibility index (Phi) is 6.95. The normalized spacial score (nSPS) is 11.6. The fourth-order valence-electron chi connectivity index (χ4n) is 2.60.